The highest BCUT2D eigenvalue weighted by Crippen LogP contribution is 2.14. The zero-order chi connectivity index (χ0) is 18.5. The van der Waals surface area contributed by atoms with Crippen LogP contribution in [0.25, 0.3) is 0 Å². The lowest BCUT2D eigenvalue weighted by Crippen LogP contribution is -2.40. The molecule has 0 atom stereocenters. The first-order chi connectivity index (χ1) is 12.0. The van der Waals surface area contributed by atoms with Crippen molar-refractivity contribution in [2.24, 2.45) is 10.9 Å². The monoisotopic (exact) mass is 479 g/mol. The highest BCUT2D eigenvalue weighted by atomic mass is 127. The SMILES string of the molecule is CN=C(NCCCOCC(C)C)NCCNc1ccc([N+](=O)[O-])cc1.I. The molecule has 0 aromatic heterocycles. The van der Waals surface area contributed by atoms with Crippen molar-refractivity contribution in [3.05, 3.63) is 34.4 Å². The van der Waals surface area contributed by atoms with Crippen LogP contribution in [0.2, 0.25) is 0 Å². The number of guanidine groups is 1. The minimum atomic E-state index is -0.408. The Bertz CT molecular complexity index is 538. The summed E-state index contributed by atoms with van der Waals surface area (Å²) in [6, 6.07) is 6.36. The number of benzene rings is 1. The highest BCUT2D eigenvalue weighted by Gasteiger charge is 2.03. The summed E-state index contributed by atoms with van der Waals surface area (Å²) in [5.74, 6) is 1.31. The van der Waals surface area contributed by atoms with Crippen molar-refractivity contribution in [1.29, 1.82) is 0 Å². The van der Waals surface area contributed by atoms with E-state index in [1.54, 1.807) is 19.2 Å². The first-order valence-electron chi connectivity index (χ1n) is 8.53. The number of nitro groups is 1. The average molecular weight is 479 g/mol. The number of non-ortho nitro benzene ring substituents is 1. The molecule has 0 unspecified atom stereocenters. The molecule has 0 aliphatic rings. The molecule has 26 heavy (non-hydrogen) atoms. The molecule has 0 aliphatic carbocycles. The maximum absolute atomic E-state index is 10.6. The number of halogens is 1. The molecule has 0 heterocycles. The molecule has 0 amide bonds. The quantitative estimate of drug-likeness (QED) is 0.113. The zero-order valence-corrected chi connectivity index (χ0v) is 18.0. The summed E-state index contributed by atoms with van der Waals surface area (Å²) in [4.78, 5) is 14.4. The molecular formula is C17H30IN5O3. The Balaban J connectivity index is 0.00000625. The van der Waals surface area contributed by atoms with E-state index in [1.807, 2.05) is 0 Å². The van der Waals surface area contributed by atoms with Crippen LogP contribution in [0.1, 0.15) is 20.3 Å². The smallest absolute Gasteiger partial charge is 0.269 e. The van der Waals surface area contributed by atoms with Crippen molar-refractivity contribution in [1.82, 2.24) is 10.6 Å². The lowest BCUT2D eigenvalue weighted by molar-refractivity contribution is -0.384. The van der Waals surface area contributed by atoms with Gasteiger partial charge in [-0.2, -0.15) is 0 Å². The van der Waals surface area contributed by atoms with Crippen molar-refractivity contribution in [3.8, 4) is 0 Å². The summed E-state index contributed by atoms with van der Waals surface area (Å²) >= 11 is 0. The van der Waals surface area contributed by atoms with E-state index in [-0.39, 0.29) is 29.7 Å². The summed E-state index contributed by atoms with van der Waals surface area (Å²) in [6.45, 7) is 7.96. The molecule has 1 aromatic rings. The van der Waals surface area contributed by atoms with E-state index in [9.17, 15) is 10.1 Å². The van der Waals surface area contributed by atoms with Gasteiger partial charge in [0, 0.05) is 57.7 Å². The predicted octanol–water partition coefficient (Wildman–Crippen LogP) is 2.85. The first kappa shape index (κ1) is 24.4. The van der Waals surface area contributed by atoms with Gasteiger partial charge in [0.05, 0.1) is 4.92 Å². The first-order valence-corrected chi connectivity index (χ1v) is 8.53. The second-order valence-corrected chi connectivity index (χ2v) is 5.98. The Morgan fingerprint density at radius 3 is 2.42 bits per heavy atom. The number of hydrogen-bond acceptors (Lipinski definition) is 5. The molecule has 0 saturated heterocycles. The molecule has 0 spiro atoms. The van der Waals surface area contributed by atoms with E-state index in [0.717, 1.165) is 37.8 Å². The second-order valence-electron chi connectivity index (χ2n) is 5.98. The van der Waals surface area contributed by atoms with Gasteiger partial charge in [-0.15, -0.1) is 24.0 Å². The fourth-order valence-corrected chi connectivity index (χ4v) is 2.01. The average Bonchev–Trinajstić information content (AvgIpc) is 2.59. The van der Waals surface area contributed by atoms with E-state index in [2.05, 4.69) is 34.8 Å². The molecule has 0 radical (unpaired) electrons. The molecule has 3 N–H and O–H groups in total. The molecule has 0 bridgehead atoms. The van der Waals surface area contributed by atoms with E-state index < -0.39 is 4.92 Å². The van der Waals surface area contributed by atoms with Crippen molar-refractivity contribution in [2.75, 3.05) is 45.2 Å². The normalized spacial score (nSPS) is 11.0. The third kappa shape index (κ3) is 11.1. The van der Waals surface area contributed by atoms with Crippen LogP contribution in [0.4, 0.5) is 11.4 Å². The van der Waals surface area contributed by atoms with Gasteiger partial charge in [0.15, 0.2) is 5.96 Å². The van der Waals surface area contributed by atoms with Crippen LogP contribution in [0, 0.1) is 16.0 Å². The molecule has 148 valence electrons. The van der Waals surface area contributed by atoms with Crippen LogP contribution in [-0.4, -0.2) is 50.8 Å². The molecule has 0 fully saturated rings. The number of aliphatic imine (C=N–C) groups is 1. The molecule has 1 rings (SSSR count). The third-order valence-corrected chi connectivity index (χ3v) is 3.26. The highest BCUT2D eigenvalue weighted by molar-refractivity contribution is 14.0. The van der Waals surface area contributed by atoms with Crippen molar-refractivity contribution >= 4 is 41.3 Å². The van der Waals surface area contributed by atoms with Crippen molar-refractivity contribution < 1.29 is 9.66 Å². The molecule has 0 aliphatic heterocycles. The maximum Gasteiger partial charge on any atom is 0.269 e. The Morgan fingerprint density at radius 2 is 1.85 bits per heavy atom. The lowest BCUT2D eigenvalue weighted by Gasteiger charge is -2.13. The van der Waals surface area contributed by atoms with Gasteiger partial charge in [-0.3, -0.25) is 15.1 Å². The van der Waals surface area contributed by atoms with Gasteiger partial charge in [0.2, 0.25) is 0 Å². The van der Waals surface area contributed by atoms with Crippen LogP contribution in [-0.2, 0) is 4.74 Å². The zero-order valence-electron chi connectivity index (χ0n) is 15.7. The number of anilines is 1. The Hall–Kier alpha value is -1.62. The Kier molecular flexibility index (Phi) is 13.6. The number of nitrogens with zero attached hydrogens (tertiary/aromatic N) is 2. The van der Waals surface area contributed by atoms with Gasteiger partial charge in [-0.05, 0) is 24.5 Å². The Morgan fingerprint density at radius 1 is 1.19 bits per heavy atom. The minimum absolute atomic E-state index is 0. The van der Waals surface area contributed by atoms with Crippen LogP contribution in [0.5, 0.6) is 0 Å². The fraction of sp³-hybridized carbons (Fsp3) is 0.588. The van der Waals surface area contributed by atoms with Gasteiger partial charge >= 0.3 is 0 Å². The second kappa shape index (κ2) is 14.5. The summed E-state index contributed by atoms with van der Waals surface area (Å²) < 4.78 is 5.53. The van der Waals surface area contributed by atoms with Crippen LogP contribution < -0.4 is 16.0 Å². The number of nitro benzene ring substituents is 1. The third-order valence-electron chi connectivity index (χ3n) is 3.26. The topological polar surface area (TPSA) is 101 Å². The van der Waals surface area contributed by atoms with Crippen molar-refractivity contribution in [2.45, 2.75) is 20.3 Å². The van der Waals surface area contributed by atoms with E-state index in [0.29, 0.717) is 19.0 Å². The van der Waals surface area contributed by atoms with Gasteiger partial charge in [0.1, 0.15) is 0 Å². The number of hydrogen-bond donors (Lipinski definition) is 3. The fourth-order valence-electron chi connectivity index (χ4n) is 2.01. The molecule has 9 heteroatoms. The van der Waals surface area contributed by atoms with E-state index >= 15 is 0 Å². The van der Waals surface area contributed by atoms with Crippen molar-refractivity contribution in [3.63, 3.8) is 0 Å². The predicted molar refractivity (Wildman–Crippen MR) is 117 cm³/mol. The maximum atomic E-state index is 10.6. The number of ether oxygens (including phenoxy) is 1. The van der Waals surface area contributed by atoms with Gasteiger partial charge in [-0.1, -0.05) is 13.8 Å². The number of nitrogens with one attached hydrogen (secondary N) is 3. The molecular weight excluding hydrogens is 449 g/mol. The summed E-state index contributed by atoms with van der Waals surface area (Å²) in [5.41, 5.74) is 0.934. The van der Waals surface area contributed by atoms with Crippen LogP contribution >= 0.6 is 24.0 Å². The van der Waals surface area contributed by atoms with Crippen LogP contribution in [0.15, 0.2) is 29.3 Å². The molecule has 1 aromatic carbocycles. The Labute approximate surface area is 172 Å². The van der Waals surface area contributed by atoms with Gasteiger partial charge < -0.3 is 20.7 Å². The molecule has 8 nitrogen and oxygen atoms in total. The van der Waals surface area contributed by atoms with Gasteiger partial charge in [-0.25, -0.2) is 0 Å². The summed E-state index contributed by atoms with van der Waals surface area (Å²) in [7, 11) is 1.73. The summed E-state index contributed by atoms with van der Waals surface area (Å²) in [5, 5.41) is 20.2. The van der Waals surface area contributed by atoms with E-state index in [1.165, 1.54) is 12.1 Å². The largest absolute Gasteiger partial charge is 0.383 e. The number of rotatable bonds is 11. The molecule has 0 saturated carbocycles. The lowest BCUT2D eigenvalue weighted by atomic mass is 10.2. The van der Waals surface area contributed by atoms with E-state index in [4.69, 9.17) is 4.74 Å². The van der Waals surface area contributed by atoms with Crippen LogP contribution in [0.3, 0.4) is 0 Å². The van der Waals surface area contributed by atoms with Gasteiger partial charge in [0.25, 0.3) is 5.69 Å². The standard InChI is InChI=1S/C17H29N5O3.HI/c1-14(2)13-25-12-4-9-20-17(18-3)21-11-10-19-15-5-7-16(8-6-15)22(23)24;/h5-8,14,19H,4,9-13H2,1-3H3,(H2,18,20,21);1H. The minimum Gasteiger partial charge on any atom is -0.383 e. The summed E-state index contributed by atoms with van der Waals surface area (Å²) in [6.07, 6.45) is 0.925.